The highest BCUT2D eigenvalue weighted by Gasteiger charge is 2.21. The summed E-state index contributed by atoms with van der Waals surface area (Å²) in [5, 5.41) is 0.698. The number of hydrogen-bond acceptors (Lipinski definition) is 6. The maximum absolute atomic E-state index is 13.4. The second kappa shape index (κ2) is 10.3. The highest BCUT2D eigenvalue weighted by molar-refractivity contribution is 7.89. The van der Waals surface area contributed by atoms with Crippen LogP contribution in [0.2, 0.25) is 5.02 Å². The van der Waals surface area contributed by atoms with Crippen molar-refractivity contribution in [3.8, 4) is 10.6 Å². The normalized spacial score (nSPS) is 11.7. The molecule has 0 bridgehead atoms. The molecule has 3 aromatic rings. The molecule has 0 aliphatic rings. The molecule has 1 heterocycles. The molecular weight excluding hydrogens is 487 g/mol. The number of nitrogens with one attached hydrogen (secondary N) is 1. The first-order valence-corrected chi connectivity index (χ1v) is 12.8. The highest BCUT2D eigenvalue weighted by Crippen LogP contribution is 2.30. The standard InChI is InChI=1S/C23H24ClFN2O4S2/c1-13(2)17-7-6-16(12-18(17)23(28)31-4)33(29,30)26-10-9-21-14(3)32-22(27-21)15-5-8-20(25)19(24)11-15/h5-8,11-13,26H,9-10H2,1-4H3. The number of aryl methyl sites for hydroxylation is 1. The van der Waals surface area contributed by atoms with Gasteiger partial charge in [-0.05, 0) is 48.7 Å². The number of rotatable bonds is 8. The Hall–Kier alpha value is -2.33. The van der Waals surface area contributed by atoms with Crippen molar-refractivity contribution >= 4 is 38.9 Å². The number of aromatic nitrogens is 1. The van der Waals surface area contributed by atoms with Crippen LogP contribution in [-0.2, 0) is 21.2 Å². The molecule has 0 fully saturated rings. The molecule has 1 aromatic heterocycles. The second-order valence-corrected chi connectivity index (χ2v) is 11.1. The Morgan fingerprint density at radius 3 is 2.61 bits per heavy atom. The van der Waals surface area contributed by atoms with Gasteiger partial charge in [-0.1, -0.05) is 31.5 Å². The van der Waals surface area contributed by atoms with Gasteiger partial charge < -0.3 is 4.74 Å². The lowest BCUT2D eigenvalue weighted by Crippen LogP contribution is -2.26. The van der Waals surface area contributed by atoms with Gasteiger partial charge in [-0.2, -0.15) is 0 Å². The van der Waals surface area contributed by atoms with Crippen molar-refractivity contribution in [3.63, 3.8) is 0 Å². The van der Waals surface area contributed by atoms with Crippen LogP contribution >= 0.6 is 22.9 Å². The van der Waals surface area contributed by atoms with Crippen LogP contribution in [0.15, 0.2) is 41.3 Å². The minimum atomic E-state index is -3.85. The number of sulfonamides is 1. The zero-order valence-corrected chi connectivity index (χ0v) is 21.0. The molecule has 6 nitrogen and oxygen atoms in total. The topological polar surface area (TPSA) is 85.4 Å². The summed E-state index contributed by atoms with van der Waals surface area (Å²) in [5.74, 6) is -1.05. The number of nitrogens with zero attached hydrogens (tertiary/aromatic N) is 1. The van der Waals surface area contributed by atoms with Crippen LogP contribution in [0.5, 0.6) is 0 Å². The molecule has 0 atom stereocenters. The van der Waals surface area contributed by atoms with E-state index < -0.39 is 21.8 Å². The van der Waals surface area contributed by atoms with Crippen molar-refractivity contribution in [3.05, 3.63) is 68.9 Å². The Morgan fingerprint density at radius 1 is 1.24 bits per heavy atom. The number of esters is 1. The third-order valence-corrected chi connectivity index (χ3v) is 7.89. The number of methoxy groups -OCH3 is 1. The fourth-order valence-electron chi connectivity index (χ4n) is 3.29. The number of carbonyl (C=O) groups is 1. The van der Waals surface area contributed by atoms with Gasteiger partial charge in [0.1, 0.15) is 10.8 Å². The second-order valence-electron chi connectivity index (χ2n) is 7.69. The molecule has 10 heteroatoms. The molecule has 0 saturated heterocycles. The van der Waals surface area contributed by atoms with E-state index >= 15 is 0 Å². The zero-order valence-electron chi connectivity index (χ0n) is 18.6. The van der Waals surface area contributed by atoms with E-state index in [9.17, 15) is 17.6 Å². The Balaban J connectivity index is 1.74. The fourth-order valence-corrected chi connectivity index (χ4v) is 5.49. The van der Waals surface area contributed by atoms with Crippen LogP contribution in [-0.4, -0.2) is 33.0 Å². The Labute approximate surface area is 201 Å². The Kier molecular flexibility index (Phi) is 7.89. The summed E-state index contributed by atoms with van der Waals surface area (Å²) in [7, 11) is -2.59. The van der Waals surface area contributed by atoms with Gasteiger partial charge in [0.25, 0.3) is 0 Å². The molecule has 0 amide bonds. The first-order chi connectivity index (χ1) is 15.5. The molecule has 0 saturated carbocycles. The first kappa shape index (κ1) is 25.3. The quantitative estimate of drug-likeness (QED) is 0.413. The average Bonchev–Trinajstić information content (AvgIpc) is 3.14. The summed E-state index contributed by atoms with van der Waals surface area (Å²) in [6.07, 6.45) is 0.366. The molecule has 1 N–H and O–H groups in total. The first-order valence-electron chi connectivity index (χ1n) is 10.2. The number of carbonyl (C=O) groups excluding carboxylic acids is 1. The third kappa shape index (κ3) is 5.78. The molecule has 0 aliphatic carbocycles. The maximum atomic E-state index is 13.4. The fraction of sp³-hybridized carbons (Fsp3) is 0.304. The largest absolute Gasteiger partial charge is 0.465 e. The Bertz CT molecular complexity index is 1290. The van der Waals surface area contributed by atoms with Crippen LogP contribution in [0.4, 0.5) is 4.39 Å². The van der Waals surface area contributed by atoms with Crippen LogP contribution in [0.3, 0.4) is 0 Å². The summed E-state index contributed by atoms with van der Waals surface area (Å²) in [5.41, 5.74) is 2.38. The molecule has 0 spiro atoms. The van der Waals surface area contributed by atoms with Crippen LogP contribution < -0.4 is 4.72 Å². The van der Waals surface area contributed by atoms with Crippen molar-refractivity contribution in [2.75, 3.05) is 13.7 Å². The number of hydrogen-bond donors (Lipinski definition) is 1. The number of ether oxygens (including phenoxy) is 1. The van der Waals surface area contributed by atoms with E-state index in [1.807, 2.05) is 20.8 Å². The lowest BCUT2D eigenvalue weighted by atomic mass is 9.97. The van der Waals surface area contributed by atoms with Crippen molar-refractivity contribution < 1.29 is 22.3 Å². The van der Waals surface area contributed by atoms with Crippen molar-refractivity contribution in [1.82, 2.24) is 9.71 Å². The van der Waals surface area contributed by atoms with Crippen LogP contribution in [0.1, 0.15) is 46.3 Å². The van der Waals surface area contributed by atoms with Gasteiger partial charge in [0.2, 0.25) is 10.0 Å². The summed E-state index contributed by atoms with van der Waals surface area (Å²) in [6.45, 7) is 5.84. The smallest absolute Gasteiger partial charge is 0.338 e. The van der Waals surface area contributed by atoms with Gasteiger partial charge in [-0.3, -0.25) is 0 Å². The molecule has 2 aromatic carbocycles. The average molecular weight is 511 g/mol. The Morgan fingerprint density at radius 2 is 1.97 bits per heavy atom. The maximum Gasteiger partial charge on any atom is 0.338 e. The summed E-state index contributed by atoms with van der Waals surface area (Å²) in [4.78, 5) is 17.6. The zero-order chi connectivity index (χ0) is 24.3. The molecule has 176 valence electrons. The molecule has 0 radical (unpaired) electrons. The summed E-state index contributed by atoms with van der Waals surface area (Å²) < 4.78 is 46.4. The number of thiazole rings is 1. The van der Waals surface area contributed by atoms with E-state index in [0.29, 0.717) is 22.6 Å². The molecule has 33 heavy (non-hydrogen) atoms. The molecular formula is C23H24ClFN2O4S2. The highest BCUT2D eigenvalue weighted by atomic mass is 35.5. The van der Waals surface area contributed by atoms with E-state index in [4.69, 9.17) is 16.3 Å². The lowest BCUT2D eigenvalue weighted by Gasteiger charge is -2.13. The van der Waals surface area contributed by atoms with E-state index in [2.05, 4.69) is 9.71 Å². The number of benzene rings is 2. The van der Waals surface area contributed by atoms with E-state index in [1.165, 1.54) is 42.7 Å². The molecule has 0 unspecified atom stereocenters. The predicted molar refractivity (Wildman–Crippen MR) is 128 cm³/mol. The van der Waals surface area contributed by atoms with Crippen molar-refractivity contribution in [2.24, 2.45) is 0 Å². The lowest BCUT2D eigenvalue weighted by molar-refractivity contribution is 0.0598. The van der Waals surface area contributed by atoms with Gasteiger partial charge in [0.15, 0.2) is 0 Å². The van der Waals surface area contributed by atoms with Crippen molar-refractivity contribution in [2.45, 2.75) is 38.0 Å². The van der Waals surface area contributed by atoms with E-state index in [-0.39, 0.29) is 27.9 Å². The van der Waals surface area contributed by atoms with E-state index in [1.54, 1.807) is 12.1 Å². The SMILES string of the molecule is COC(=O)c1cc(S(=O)(=O)NCCc2nc(-c3ccc(F)c(Cl)c3)sc2C)ccc1C(C)C. The van der Waals surface area contributed by atoms with Crippen molar-refractivity contribution in [1.29, 1.82) is 0 Å². The van der Waals surface area contributed by atoms with Crippen LogP contribution in [0, 0.1) is 12.7 Å². The molecule has 3 rings (SSSR count). The summed E-state index contributed by atoms with van der Waals surface area (Å²) in [6, 6.07) is 8.86. The van der Waals surface area contributed by atoms with E-state index in [0.717, 1.165) is 10.6 Å². The van der Waals surface area contributed by atoms with Gasteiger partial charge in [0, 0.05) is 23.4 Å². The minimum Gasteiger partial charge on any atom is -0.465 e. The monoisotopic (exact) mass is 510 g/mol. The minimum absolute atomic E-state index is 0.0102. The summed E-state index contributed by atoms with van der Waals surface area (Å²) >= 11 is 7.29. The third-order valence-electron chi connectivity index (χ3n) is 5.08. The van der Waals surface area contributed by atoms with Gasteiger partial charge >= 0.3 is 5.97 Å². The van der Waals surface area contributed by atoms with Gasteiger partial charge in [0.05, 0.1) is 28.3 Å². The predicted octanol–water partition coefficient (Wildman–Crippen LogP) is 5.34. The van der Waals surface area contributed by atoms with Gasteiger partial charge in [-0.25, -0.2) is 27.3 Å². The van der Waals surface area contributed by atoms with Crippen LogP contribution in [0.25, 0.3) is 10.6 Å². The number of halogens is 2. The molecule has 0 aliphatic heterocycles. The van der Waals surface area contributed by atoms with Gasteiger partial charge in [-0.15, -0.1) is 11.3 Å².